The Kier molecular flexibility index (Phi) is 4.94. The van der Waals surface area contributed by atoms with Gasteiger partial charge >= 0.3 is 0 Å². The Morgan fingerprint density at radius 2 is 2.08 bits per heavy atom. The predicted molar refractivity (Wildman–Crippen MR) is 62.6 cm³/mol. The number of rotatable bonds is 4. The van der Waals surface area contributed by atoms with Crippen molar-refractivity contribution in [3.05, 3.63) is 32.7 Å². The zero-order chi connectivity index (χ0) is 9.68. The third-order valence-corrected chi connectivity index (χ3v) is 2.88. The molecule has 0 amide bonds. The number of benzene rings is 1. The van der Waals surface area contributed by atoms with Gasteiger partial charge < -0.3 is 11.1 Å². The van der Waals surface area contributed by atoms with Gasteiger partial charge in [-0.1, -0.05) is 37.9 Å². The van der Waals surface area contributed by atoms with Crippen LogP contribution in [0.15, 0.2) is 27.1 Å². The lowest BCUT2D eigenvalue weighted by Crippen LogP contribution is -2.21. The normalized spacial score (nSPS) is 10.4. The van der Waals surface area contributed by atoms with Crippen molar-refractivity contribution in [2.45, 2.75) is 6.54 Å². The highest BCUT2D eigenvalue weighted by molar-refractivity contribution is 9.11. The van der Waals surface area contributed by atoms with Crippen LogP contribution in [0.1, 0.15) is 5.56 Å². The topological polar surface area (TPSA) is 38.0 Å². The Bertz CT molecular complexity index is 276. The van der Waals surface area contributed by atoms with Gasteiger partial charge in [0.25, 0.3) is 0 Å². The Balaban J connectivity index is 2.56. The molecule has 2 nitrogen and oxygen atoms in total. The Hall–Kier alpha value is 0.1000. The van der Waals surface area contributed by atoms with Gasteiger partial charge in [-0.15, -0.1) is 0 Å². The third-order valence-electron chi connectivity index (χ3n) is 1.65. The van der Waals surface area contributed by atoms with E-state index in [0.717, 1.165) is 22.0 Å². The van der Waals surface area contributed by atoms with Crippen LogP contribution in [-0.2, 0) is 6.54 Å². The molecule has 0 aliphatic rings. The van der Waals surface area contributed by atoms with Gasteiger partial charge in [0.2, 0.25) is 0 Å². The molecule has 0 saturated carbocycles. The third kappa shape index (κ3) is 3.77. The van der Waals surface area contributed by atoms with Gasteiger partial charge in [0.15, 0.2) is 0 Å². The van der Waals surface area contributed by atoms with E-state index in [0.29, 0.717) is 6.54 Å². The van der Waals surface area contributed by atoms with Gasteiger partial charge in [-0.05, 0) is 17.7 Å². The van der Waals surface area contributed by atoms with Crippen LogP contribution in [0.5, 0.6) is 0 Å². The van der Waals surface area contributed by atoms with Crippen LogP contribution >= 0.6 is 31.9 Å². The molecular weight excluding hydrogens is 296 g/mol. The van der Waals surface area contributed by atoms with Crippen LogP contribution < -0.4 is 11.1 Å². The maximum atomic E-state index is 5.37. The van der Waals surface area contributed by atoms with Crippen molar-refractivity contribution >= 4 is 31.9 Å². The van der Waals surface area contributed by atoms with Crippen LogP contribution in [0, 0.1) is 0 Å². The molecule has 0 aliphatic carbocycles. The molecule has 1 rings (SSSR count). The molecule has 0 spiro atoms. The molecule has 0 heterocycles. The Morgan fingerprint density at radius 1 is 1.31 bits per heavy atom. The maximum Gasteiger partial charge on any atom is 0.0231 e. The second kappa shape index (κ2) is 5.75. The molecule has 13 heavy (non-hydrogen) atoms. The summed E-state index contributed by atoms with van der Waals surface area (Å²) < 4.78 is 2.20. The fraction of sp³-hybridized carbons (Fsp3) is 0.333. The molecular formula is C9H12Br2N2. The minimum Gasteiger partial charge on any atom is -0.329 e. The molecule has 0 unspecified atom stereocenters. The maximum absolute atomic E-state index is 5.37. The first-order valence-electron chi connectivity index (χ1n) is 4.08. The van der Waals surface area contributed by atoms with Gasteiger partial charge in [-0.3, -0.25) is 0 Å². The summed E-state index contributed by atoms with van der Waals surface area (Å²) in [4.78, 5) is 0. The van der Waals surface area contributed by atoms with E-state index in [1.54, 1.807) is 0 Å². The number of nitrogens with two attached hydrogens (primary N) is 1. The minimum atomic E-state index is 0.675. The first-order valence-corrected chi connectivity index (χ1v) is 5.67. The van der Waals surface area contributed by atoms with Crippen molar-refractivity contribution < 1.29 is 0 Å². The first kappa shape index (κ1) is 11.2. The Morgan fingerprint density at radius 3 is 2.69 bits per heavy atom. The summed E-state index contributed by atoms with van der Waals surface area (Å²) in [7, 11) is 0. The predicted octanol–water partition coefficient (Wildman–Crippen LogP) is 2.26. The summed E-state index contributed by atoms with van der Waals surface area (Å²) in [5, 5.41) is 3.24. The molecule has 0 radical (unpaired) electrons. The van der Waals surface area contributed by atoms with Crippen LogP contribution in [-0.4, -0.2) is 13.1 Å². The van der Waals surface area contributed by atoms with E-state index < -0.39 is 0 Å². The largest absolute Gasteiger partial charge is 0.329 e. The van der Waals surface area contributed by atoms with Gasteiger partial charge in [0.05, 0.1) is 0 Å². The monoisotopic (exact) mass is 306 g/mol. The number of hydrogen-bond acceptors (Lipinski definition) is 2. The van der Waals surface area contributed by atoms with Crippen molar-refractivity contribution in [2.75, 3.05) is 13.1 Å². The Labute approximate surface area is 95.2 Å². The van der Waals surface area contributed by atoms with E-state index >= 15 is 0 Å². The molecule has 0 bridgehead atoms. The van der Waals surface area contributed by atoms with E-state index in [4.69, 9.17) is 5.73 Å². The van der Waals surface area contributed by atoms with Crippen molar-refractivity contribution in [1.29, 1.82) is 0 Å². The average Bonchev–Trinajstić information content (AvgIpc) is 2.09. The lowest BCUT2D eigenvalue weighted by molar-refractivity contribution is 0.693. The van der Waals surface area contributed by atoms with Crippen molar-refractivity contribution in [3.8, 4) is 0 Å². The van der Waals surface area contributed by atoms with Crippen molar-refractivity contribution in [1.82, 2.24) is 5.32 Å². The molecule has 0 aliphatic heterocycles. The van der Waals surface area contributed by atoms with Crippen molar-refractivity contribution in [3.63, 3.8) is 0 Å². The van der Waals surface area contributed by atoms with Gasteiger partial charge in [-0.2, -0.15) is 0 Å². The lowest BCUT2D eigenvalue weighted by atomic mass is 10.2. The van der Waals surface area contributed by atoms with Crippen molar-refractivity contribution in [2.24, 2.45) is 5.73 Å². The fourth-order valence-electron chi connectivity index (χ4n) is 0.990. The summed E-state index contributed by atoms with van der Waals surface area (Å²) in [5.41, 5.74) is 6.62. The zero-order valence-corrected chi connectivity index (χ0v) is 10.4. The standard InChI is InChI=1S/C9H12Br2N2/c10-8-2-1-7(9(11)5-8)6-13-4-3-12/h1-2,5,13H,3-4,6,12H2. The second-order valence-electron chi connectivity index (χ2n) is 2.70. The smallest absolute Gasteiger partial charge is 0.0231 e. The molecule has 72 valence electrons. The van der Waals surface area contributed by atoms with Crippen LogP contribution in [0.2, 0.25) is 0 Å². The summed E-state index contributed by atoms with van der Waals surface area (Å²) in [5.74, 6) is 0. The molecule has 0 aromatic heterocycles. The van der Waals surface area contributed by atoms with Crippen LogP contribution in [0.3, 0.4) is 0 Å². The van der Waals surface area contributed by atoms with E-state index in [1.807, 2.05) is 12.1 Å². The SMILES string of the molecule is NCCNCc1ccc(Br)cc1Br. The van der Waals surface area contributed by atoms with Crippen LogP contribution in [0.4, 0.5) is 0 Å². The summed E-state index contributed by atoms with van der Waals surface area (Å²) in [6.07, 6.45) is 0. The lowest BCUT2D eigenvalue weighted by Gasteiger charge is -2.05. The van der Waals surface area contributed by atoms with Gasteiger partial charge in [-0.25, -0.2) is 0 Å². The van der Waals surface area contributed by atoms with E-state index in [2.05, 4.69) is 43.2 Å². The summed E-state index contributed by atoms with van der Waals surface area (Å²) in [6, 6.07) is 6.15. The van der Waals surface area contributed by atoms with E-state index in [1.165, 1.54) is 5.56 Å². The minimum absolute atomic E-state index is 0.675. The molecule has 1 aromatic carbocycles. The molecule has 1 aromatic rings. The quantitative estimate of drug-likeness (QED) is 0.838. The van der Waals surface area contributed by atoms with Gasteiger partial charge in [0, 0.05) is 28.6 Å². The number of nitrogens with one attached hydrogen (secondary N) is 1. The average molecular weight is 308 g/mol. The molecule has 0 fully saturated rings. The molecule has 4 heteroatoms. The van der Waals surface area contributed by atoms with E-state index in [9.17, 15) is 0 Å². The molecule has 0 saturated heterocycles. The first-order chi connectivity index (χ1) is 6.24. The molecule has 3 N–H and O–H groups in total. The number of halogens is 2. The highest BCUT2D eigenvalue weighted by Gasteiger charge is 1.98. The zero-order valence-electron chi connectivity index (χ0n) is 7.19. The van der Waals surface area contributed by atoms with Gasteiger partial charge in [0.1, 0.15) is 0 Å². The van der Waals surface area contributed by atoms with E-state index in [-0.39, 0.29) is 0 Å². The summed E-state index contributed by atoms with van der Waals surface area (Å²) >= 11 is 6.91. The second-order valence-corrected chi connectivity index (χ2v) is 4.47. The molecule has 0 atom stereocenters. The summed E-state index contributed by atoms with van der Waals surface area (Å²) in [6.45, 7) is 2.38. The van der Waals surface area contributed by atoms with Crippen LogP contribution in [0.25, 0.3) is 0 Å². The fourth-order valence-corrected chi connectivity index (χ4v) is 2.18. The highest BCUT2D eigenvalue weighted by Crippen LogP contribution is 2.21. The number of hydrogen-bond donors (Lipinski definition) is 2. The highest BCUT2D eigenvalue weighted by atomic mass is 79.9.